The fourth-order valence-electron chi connectivity index (χ4n) is 3.67. The van der Waals surface area contributed by atoms with Crippen molar-refractivity contribution in [2.24, 2.45) is 0 Å². The molecule has 1 amide bonds. The van der Waals surface area contributed by atoms with Gasteiger partial charge in [-0.15, -0.1) is 11.8 Å². The molecule has 3 aromatic rings. The van der Waals surface area contributed by atoms with E-state index in [2.05, 4.69) is 5.32 Å². The number of amides is 1. The number of anilines is 1. The Bertz CT molecular complexity index is 1290. The molecule has 3 aromatic carbocycles. The predicted octanol–water partition coefficient (Wildman–Crippen LogP) is 3.95. The van der Waals surface area contributed by atoms with Gasteiger partial charge < -0.3 is 10.1 Å². The van der Waals surface area contributed by atoms with Gasteiger partial charge in [-0.1, -0.05) is 24.3 Å². The summed E-state index contributed by atoms with van der Waals surface area (Å²) in [6, 6.07) is 20.7. The molecule has 0 spiro atoms. The van der Waals surface area contributed by atoms with Crippen molar-refractivity contribution < 1.29 is 22.7 Å². The van der Waals surface area contributed by atoms with Crippen LogP contribution in [0.2, 0.25) is 0 Å². The summed E-state index contributed by atoms with van der Waals surface area (Å²) in [4.78, 5) is 25.6. The summed E-state index contributed by atoms with van der Waals surface area (Å²) in [7, 11) is -3.70. The van der Waals surface area contributed by atoms with Gasteiger partial charge in [-0.2, -0.15) is 4.31 Å². The van der Waals surface area contributed by atoms with Gasteiger partial charge in [0, 0.05) is 23.7 Å². The molecule has 1 N–H and O–H groups in total. The van der Waals surface area contributed by atoms with Gasteiger partial charge in [0.05, 0.1) is 10.5 Å². The third kappa shape index (κ3) is 5.49. The van der Waals surface area contributed by atoms with Crippen molar-refractivity contribution in [3.05, 3.63) is 89.5 Å². The number of hydrogen-bond acceptors (Lipinski definition) is 6. The minimum atomic E-state index is -3.70. The van der Waals surface area contributed by atoms with Crippen LogP contribution in [0.1, 0.15) is 21.5 Å². The third-order valence-electron chi connectivity index (χ3n) is 5.53. The molecule has 7 nitrogen and oxygen atoms in total. The van der Waals surface area contributed by atoms with E-state index in [0.29, 0.717) is 25.2 Å². The first-order valence-electron chi connectivity index (χ1n) is 10.6. The second-order valence-corrected chi connectivity index (χ2v) is 10.6. The van der Waals surface area contributed by atoms with Crippen LogP contribution in [0.5, 0.6) is 0 Å². The van der Waals surface area contributed by atoms with Gasteiger partial charge in [-0.25, -0.2) is 13.2 Å². The number of carbonyl (C=O) groups excluding carboxylic acids is 2. The Morgan fingerprint density at radius 2 is 1.65 bits per heavy atom. The van der Waals surface area contributed by atoms with E-state index >= 15 is 0 Å². The lowest BCUT2D eigenvalue weighted by Crippen LogP contribution is -2.35. The number of carbonyl (C=O) groups is 2. The van der Waals surface area contributed by atoms with Gasteiger partial charge in [0.2, 0.25) is 10.0 Å². The van der Waals surface area contributed by atoms with E-state index in [-0.39, 0.29) is 10.5 Å². The number of fused-ring (bicyclic) bond motifs is 1. The van der Waals surface area contributed by atoms with Crippen LogP contribution in [0.15, 0.2) is 82.6 Å². The first-order chi connectivity index (χ1) is 16.4. The van der Waals surface area contributed by atoms with Gasteiger partial charge in [0.25, 0.3) is 5.91 Å². The van der Waals surface area contributed by atoms with Crippen molar-refractivity contribution in [2.75, 3.05) is 24.7 Å². The molecule has 0 unspecified atom stereocenters. The number of nitrogens with one attached hydrogen (secondary N) is 1. The molecule has 0 aromatic heterocycles. The van der Waals surface area contributed by atoms with Crippen LogP contribution >= 0.6 is 11.8 Å². The Hall–Kier alpha value is -3.14. The van der Waals surface area contributed by atoms with Crippen LogP contribution in [0.4, 0.5) is 5.69 Å². The first kappa shape index (κ1) is 24.0. The van der Waals surface area contributed by atoms with Crippen molar-refractivity contribution in [3.8, 4) is 0 Å². The number of benzene rings is 3. The summed E-state index contributed by atoms with van der Waals surface area (Å²) in [5.74, 6) is -1.17. The van der Waals surface area contributed by atoms with E-state index in [1.165, 1.54) is 28.6 Å². The Morgan fingerprint density at radius 1 is 0.971 bits per heavy atom. The lowest BCUT2D eigenvalue weighted by Gasteiger charge is -2.28. The molecule has 34 heavy (non-hydrogen) atoms. The number of ether oxygens (including phenoxy) is 1. The molecule has 1 heterocycles. The van der Waals surface area contributed by atoms with E-state index in [0.717, 1.165) is 16.0 Å². The van der Waals surface area contributed by atoms with Crippen LogP contribution in [0, 0.1) is 0 Å². The molecule has 176 valence electrons. The molecular weight excluding hydrogens is 472 g/mol. The molecule has 0 bridgehead atoms. The number of hydrogen-bond donors (Lipinski definition) is 1. The third-order valence-corrected chi connectivity index (χ3v) is 8.13. The van der Waals surface area contributed by atoms with E-state index in [1.807, 2.05) is 42.7 Å². The van der Waals surface area contributed by atoms with Crippen molar-refractivity contribution >= 4 is 39.3 Å². The monoisotopic (exact) mass is 496 g/mol. The number of thioether (sulfide) groups is 1. The Balaban J connectivity index is 1.34. The van der Waals surface area contributed by atoms with Gasteiger partial charge in [0.15, 0.2) is 6.61 Å². The van der Waals surface area contributed by atoms with E-state index in [1.54, 1.807) is 23.9 Å². The molecule has 0 aliphatic carbocycles. The summed E-state index contributed by atoms with van der Waals surface area (Å²) in [5, 5.41) is 2.66. The second kappa shape index (κ2) is 10.4. The minimum Gasteiger partial charge on any atom is -0.452 e. The highest BCUT2D eigenvalue weighted by Crippen LogP contribution is 2.25. The molecule has 9 heteroatoms. The average molecular weight is 497 g/mol. The molecule has 0 saturated heterocycles. The molecular formula is C25H24N2O5S2. The van der Waals surface area contributed by atoms with E-state index in [9.17, 15) is 18.0 Å². The predicted molar refractivity (Wildman–Crippen MR) is 131 cm³/mol. The van der Waals surface area contributed by atoms with Crippen molar-refractivity contribution in [1.29, 1.82) is 0 Å². The largest absolute Gasteiger partial charge is 0.452 e. The summed E-state index contributed by atoms with van der Waals surface area (Å²) >= 11 is 1.59. The molecule has 0 atom stereocenters. The van der Waals surface area contributed by atoms with Gasteiger partial charge in [-0.05, 0) is 72.3 Å². The standard InChI is InChI=1S/C25H24N2O5S2/c1-33-22-10-8-21(9-11-22)26-24(28)17-32-25(29)19-6-12-23(13-7-19)34(30,31)27-15-14-18-4-2-3-5-20(18)16-27/h2-13H,14-17H2,1H3,(H,26,28). The van der Waals surface area contributed by atoms with Crippen LogP contribution in [-0.2, 0) is 32.5 Å². The lowest BCUT2D eigenvalue weighted by molar-refractivity contribution is -0.119. The lowest BCUT2D eigenvalue weighted by atomic mass is 10.0. The SMILES string of the molecule is CSc1ccc(NC(=O)COC(=O)c2ccc(S(=O)(=O)N3CCc4ccccc4C3)cc2)cc1. The average Bonchev–Trinajstić information content (AvgIpc) is 2.87. The maximum absolute atomic E-state index is 13.1. The highest BCUT2D eigenvalue weighted by atomic mass is 32.2. The second-order valence-electron chi connectivity index (χ2n) is 7.73. The first-order valence-corrected chi connectivity index (χ1v) is 13.3. The highest BCUT2D eigenvalue weighted by Gasteiger charge is 2.28. The zero-order chi connectivity index (χ0) is 24.1. The number of sulfonamides is 1. The quantitative estimate of drug-likeness (QED) is 0.393. The van der Waals surface area contributed by atoms with Crippen LogP contribution in [0.25, 0.3) is 0 Å². The fraction of sp³-hybridized carbons (Fsp3) is 0.200. The van der Waals surface area contributed by atoms with Gasteiger partial charge in [-0.3, -0.25) is 4.79 Å². The zero-order valence-corrected chi connectivity index (χ0v) is 20.2. The number of rotatable bonds is 7. The van der Waals surface area contributed by atoms with Crippen LogP contribution in [-0.4, -0.2) is 44.0 Å². The van der Waals surface area contributed by atoms with Crippen molar-refractivity contribution in [1.82, 2.24) is 4.31 Å². The Morgan fingerprint density at radius 3 is 2.32 bits per heavy atom. The summed E-state index contributed by atoms with van der Waals surface area (Å²) in [6.07, 6.45) is 2.62. The zero-order valence-electron chi connectivity index (χ0n) is 18.6. The highest BCUT2D eigenvalue weighted by molar-refractivity contribution is 7.98. The van der Waals surface area contributed by atoms with Crippen LogP contribution in [0.3, 0.4) is 0 Å². The van der Waals surface area contributed by atoms with E-state index in [4.69, 9.17) is 4.74 Å². The smallest absolute Gasteiger partial charge is 0.338 e. The minimum absolute atomic E-state index is 0.106. The van der Waals surface area contributed by atoms with E-state index < -0.39 is 28.5 Å². The Labute approximate surface area is 203 Å². The normalized spacial score (nSPS) is 13.7. The summed E-state index contributed by atoms with van der Waals surface area (Å²) in [6.45, 7) is 0.270. The van der Waals surface area contributed by atoms with Crippen molar-refractivity contribution in [3.63, 3.8) is 0 Å². The fourth-order valence-corrected chi connectivity index (χ4v) is 5.50. The maximum atomic E-state index is 13.1. The molecule has 1 aliphatic rings. The van der Waals surface area contributed by atoms with Gasteiger partial charge in [0.1, 0.15) is 0 Å². The summed E-state index contributed by atoms with van der Waals surface area (Å²) in [5.41, 5.74) is 2.93. The molecule has 0 radical (unpaired) electrons. The Kier molecular flexibility index (Phi) is 7.35. The maximum Gasteiger partial charge on any atom is 0.338 e. The number of esters is 1. The molecule has 0 fully saturated rings. The topological polar surface area (TPSA) is 92.8 Å². The summed E-state index contributed by atoms with van der Waals surface area (Å²) < 4.78 is 32.6. The van der Waals surface area contributed by atoms with Crippen molar-refractivity contribution in [2.45, 2.75) is 22.8 Å². The molecule has 1 aliphatic heterocycles. The molecule has 0 saturated carbocycles. The van der Waals surface area contributed by atoms with Gasteiger partial charge >= 0.3 is 5.97 Å². The number of nitrogens with zero attached hydrogens (tertiary/aromatic N) is 1. The molecule has 4 rings (SSSR count). The van der Waals surface area contributed by atoms with Crippen LogP contribution < -0.4 is 5.32 Å².